The Morgan fingerprint density at radius 1 is 1.31 bits per heavy atom. The highest BCUT2D eigenvalue weighted by Crippen LogP contribution is 2.17. The molecule has 2 heterocycles. The highest BCUT2D eigenvalue weighted by Gasteiger charge is 2.17. The summed E-state index contributed by atoms with van der Waals surface area (Å²) < 4.78 is 0. The van der Waals surface area contributed by atoms with Crippen molar-refractivity contribution in [3.8, 4) is 0 Å². The van der Waals surface area contributed by atoms with Crippen molar-refractivity contribution >= 4 is 0 Å². The predicted octanol–water partition coefficient (Wildman–Crippen LogP) is 1.01. The monoisotopic (exact) mass is 184 g/mol. The molecule has 0 aromatic carbocycles. The van der Waals surface area contributed by atoms with Gasteiger partial charge in [-0.15, -0.1) is 0 Å². The fourth-order valence-corrected chi connectivity index (χ4v) is 2.17. The molecule has 3 heteroatoms. The standard InChI is InChI=1S/C10H20N2O/c1-7-12(13-9-1)8-4-10-2-5-11-6-3-10/h10-11H,1-9H2. The van der Waals surface area contributed by atoms with Crippen LogP contribution >= 0.6 is 0 Å². The van der Waals surface area contributed by atoms with E-state index in [-0.39, 0.29) is 0 Å². The van der Waals surface area contributed by atoms with Gasteiger partial charge in [-0.1, -0.05) is 0 Å². The minimum Gasteiger partial charge on any atom is -0.317 e. The van der Waals surface area contributed by atoms with Gasteiger partial charge in [0, 0.05) is 13.1 Å². The summed E-state index contributed by atoms with van der Waals surface area (Å²) in [7, 11) is 0. The Kier molecular flexibility index (Phi) is 3.58. The van der Waals surface area contributed by atoms with Crippen LogP contribution in [0, 0.1) is 5.92 Å². The number of hydroxylamine groups is 2. The summed E-state index contributed by atoms with van der Waals surface area (Å²) in [5.41, 5.74) is 0. The summed E-state index contributed by atoms with van der Waals surface area (Å²) in [5.74, 6) is 0.936. The smallest absolute Gasteiger partial charge is 0.0698 e. The first kappa shape index (κ1) is 9.44. The van der Waals surface area contributed by atoms with Crippen LogP contribution in [0.4, 0.5) is 0 Å². The van der Waals surface area contributed by atoms with Gasteiger partial charge in [-0.25, -0.2) is 0 Å². The summed E-state index contributed by atoms with van der Waals surface area (Å²) in [4.78, 5) is 5.46. The lowest BCUT2D eigenvalue weighted by molar-refractivity contribution is -0.112. The van der Waals surface area contributed by atoms with E-state index in [4.69, 9.17) is 4.84 Å². The Morgan fingerprint density at radius 2 is 2.15 bits per heavy atom. The van der Waals surface area contributed by atoms with Crippen LogP contribution in [-0.4, -0.2) is 37.8 Å². The molecule has 2 aliphatic rings. The molecule has 2 fully saturated rings. The van der Waals surface area contributed by atoms with Crippen LogP contribution in [0.2, 0.25) is 0 Å². The van der Waals surface area contributed by atoms with Gasteiger partial charge in [-0.2, -0.15) is 5.06 Å². The topological polar surface area (TPSA) is 24.5 Å². The zero-order valence-electron chi connectivity index (χ0n) is 8.30. The maximum atomic E-state index is 5.46. The Labute approximate surface area is 80.4 Å². The maximum absolute atomic E-state index is 5.46. The SMILES string of the molecule is C1CON(CCC2CCNCC2)C1. The Balaban J connectivity index is 1.60. The fraction of sp³-hybridized carbons (Fsp3) is 1.00. The number of hydrogen-bond acceptors (Lipinski definition) is 3. The zero-order chi connectivity index (χ0) is 8.93. The van der Waals surface area contributed by atoms with Gasteiger partial charge in [0.2, 0.25) is 0 Å². The van der Waals surface area contributed by atoms with Crippen molar-refractivity contribution in [3.63, 3.8) is 0 Å². The van der Waals surface area contributed by atoms with Crippen LogP contribution in [-0.2, 0) is 4.84 Å². The zero-order valence-corrected chi connectivity index (χ0v) is 8.30. The molecular weight excluding hydrogens is 164 g/mol. The van der Waals surface area contributed by atoms with E-state index in [0.717, 1.165) is 25.6 Å². The normalized spacial score (nSPS) is 26.8. The molecule has 76 valence electrons. The van der Waals surface area contributed by atoms with Crippen molar-refractivity contribution in [3.05, 3.63) is 0 Å². The molecule has 0 unspecified atom stereocenters. The number of piperidine rings is 1. The number of rotatable bonds is 3. The molecule has 0 radical (unpaired) electrons. The van der Waals surface area contributed by atoms with Crippen molar-refractivity contribution in [2.75, 3.05) is 32.8 Å². The molecular formula is C10H20N2O. The second-order valence-electron chi connectivity index (χ2n) is 4.10. The van der Waals surface area contributed by atoms with E-state index >= 15 is 0 Å². The Hall–Kier alpha value is -0.120. The third-order valence-corrected chi connectivity index (χ3v) is 3.07. The van der Waals surface area contributed by atoms with Crippen molar-refractivity contribution < 1.29 is 4.84 Å². The van der Waals surface area contributed by atoms with E-state index in [1.165, 1.54) is 38.8 Å². The molecule has 0 amide bonds. The third-order valence-electron chi connectivity index (χ3n) is 3.07. The van der Waals surface area contributed by atoms with Gasteiger partial charge < -0.3 is 5.32 Å². The first-order valence-electron chi connectivity index (χ1n) is 5.54. The molecule has 2 saturated heterocycles. The fourth-order valence-electron chi connectivity index (χ4n) is 2.17. The van der Waals surface area contributed by atoms with Gasteiger partial charge >= 0.3 is 0 Å². The quantitative estimate of drug-likeness (QED) is 0.708. The molecule has 3 nitrogen and oxygen atoms in total. The van der Waals surface area contributed by atoms with Gasteiger partial charge in [0.25, 0.3) is 0 Å². The highest BCUT2D eigenvalue weighted by molar-refractivity contribution is 4.69. The van der Waals surface area contributed by atoms with Gasteiger partial charge in [0.15, 0.2) is 0 Å². The van der Waals surface area contributed by atoms with E-state index in [0.29, 0.717) is 0 Å². The predicted molar refractivity (Wildman–Crippen MR) is 52.4 cm³/mol. The molecule has 1 N–H and O–H groups in total. The van der Waals surface area contributed by atoms with Crippen LogP contribution in [0.25, 0.3) is 0 Å². The molecule has 0 atom stereocenters. The van der Waals surface area contributed by atoms with Crippen LogP contribution in [0.5, 0.6) is 0 Å². The van der Waals surface area contributed by atoms with Crippen LogP contribution in [0.1, 0.15) is 25.7 Å². The van der Waals surface area contributed by atoms with Crippen LogP contribution in [0.3, 0.4) is 0 Å². The second-order valence-corrected chi connectivity index (χ2v) is 4.10. The van der Waals surface area contributed by atoms with Gasteiger partial charge in [-0.05, 0) is 44.7 Å². The van der Waals surface area contributed by atoms with Crippen LogP contribution < -0.4 is 5.32 Å². The molecule has 0 aliphatic carbocycles. The minimum atomic E-state index is 0.936. The average Bonchev–Trinajstić information content (AvgIpc) is 2.69. The van der Waals surface area contributed by atoms with Crippen molar-refractivity contribution in [1.29, 1.82) is 0 Å². The lowest BCUT2D eigenvalue weighted by atomic mass is 9.95. The highest BCUT2D eigenvalue weighted by atomic mass is 16.7. The second kappa shape index (κ2) is 4.94. The number of nitrogens with one attached hydrogen (secondary N) is 1. The minimum absolute atomic E-state index is 0.936. The maximum Gasteiger partial charge on any atom is 0.0698 e. The summed E-state index contributed by atoms with van der Waals surface area (Å²) in [6, 6.07) is 0. The number of hydrogen-bond donors (Lipinski definition) is 1. The molecule has 0 spiro atoms. The first-order chi connectivity index (χ1) is 6.45. The van der Waals surface area contributed by atoms with Gasteiger partial charge in [0.1, 0.15) is 0 Å². The van der Waals surface area contributed by atoms with Crippen LogP contribution in [0.15, 0.2) is 0 Å². The van der Waals surface area contributed by atoms with E-state index in [1.54, 1.807) is 0 Å². The summed E-state index contributed by atoms with van der Waals surface area (Å²) >= 11 is 0. The Morgan fingerprint density at radius 3 is 2.85 bits per heavy atom. The summed E-state index contributed by atoms with van der Waals surface area (Å²) in [6.07, 6.45) is 5.25. The molecule has 0 saturated carbocycles. The van der Waals surface area contributed by atoms with E-state index in [2.05, 4.69) is 10.4 Å². The van der Waals surface area contributed by atoms with Crippen molar-refractivity contribution in [2.45, 2.75) is 25.7 Å². The average molecular weight is 184 g/mol. The lowest BCUT2D eigenvalue weighted by Gasteiger charge is -2.24. The number of nitrogens with zero attached hydrogens (tertiary/aromatic N) is 1. The molecule has 0 bridgehead atoms. The largest absolute Gasteiger partial charge is 0.317 e. The summed E-state index contributed by atoms with van der Waals surface area (Å²) in [5, 5.41) is 5.54. The summed E-state index contributed by atoms with van der Waals surface area (Å²) in [6.45, 7) is 5.65. The van der Waals surface area contributed by atoms with Gasteiger partial charge in [-0.3, -0.25) is 4.84 Å². The lowest BCUT2D eigenvalue weighted by Crippen LogP contribution is -2.30. The van der Waals surface area contributed by atoms with E-state index in [9.17, 15) is 0 Å². The molecule has 0 aromatic heterocycles. The molecule has 0 aromatic rings. The third kappa shape index (κ3) is 2.93. The Bertz CT molecular complexity index is 140. The molecule has 2 rings (SSSR count). The van der Waals surface area contributed by atoms with Crippen molar-refractivity contribution in [1.82, 2.24) is 10.4 Å². The van der Waals surface area contributed by atoms with E-state index in [1.807, 2.05) is 0 Å². The first-order valence-corrected chi connectivity index (χ1v) is 5.54. The van der Waals surface area contributed by atoms with Gasteiger partial charge in [0.05, 0.1) is 6.61 Å². The molecule has 13 heavy (non-hydrogen) atoms. The van der Waals surface area contributed by atoms with Crippen molar-refractivity contribution in [2.24, 2.45) is 5.92 Å². The van der Waals surface area contributed by atoms with E-state index < -0.39 is 0 Å². The molecule has 2 aliphatic heterocycles.